The monoisotopic (exact) mass is 288 g/mol. The summed E-state index contributed by atoms with van der Waals surface area (Å²) in [4.78, 5) is 26.9. The lowest BCUT2D eigenvalue weighted by atomic mass is 9.94. The van der Waals surface area contributed by atoms with Crippen LogP contribution in [0, 0.1) is 0 Å². The highest BCUT2D eigenvalue weighted by Crippen LogP contribution is 2.18. The van der Waals surface area contributed by atoms with Crippen molar-refractivity contribution in [1.82, 2.24) is 10.3 Å². The van der Waals surface area contributed by atoms with Crippen LogP contribution >= 0.6 is 0 Å². The number of esters is 1. The summed E-state index contributed by atoms with van der Waals surface area (Å²) in [6.45, 7) is 3.77. The molecule has 2 N–H and O–H groups in total. The Bertz CT molecular complexity index is 662. The van der Waals surface area contributed by atoms with Crippen LogP contribution in [0.2, 0.25) is 0 Å². The summed E-state index contributed by atoms with van der Waals surface area (Å²) in [6, 6.07) is 7.38. The van der Waals surface area contributed by atoms with Crippen molar-refractivity contribution in [2.45, 2.75) is 32.2 Å². The number of carbonyl (C=O) groups excluding carboxylic acids is 2. The molecule has 1 atom stereocenters. The molecule has 0 aliphatic carbocycles. The molecule has 0 radical (unpaired) electrons. The molecular weight excluding hydrogens is 268 g/mol. The lowest BCUT2D eigenvalue weighted by molar-refractivity contribution is -0.142. The predicted molar refractivity (Wildman–Crippen MR) is 81.1 cm³/mol. The van der Waals surface area contributed by atoms with Gasteiger partial charge in [0.2, 0.25) is 0 Å². The van der Waals surface area contributed by atoms with Gasteiger partial charge in [0, 0.05) is 28.2 Å². The molecule has 0 fully saturated rings. The second-order valence-electron chi connectivity index (χ2n) is 5.40. The SMILES string of the molecule is CCC(C)(CC(=O)OC)NC(=O)c1ccc2[nH]ccc2c1. The highest BCUT2D eigenvalue weighted by Gasteiger charge is 2.28. The molecule has 1 amide bonds. The zero-order valence-corrected chi connectivity index (χ0v) is 12.5. The van der Waals surface area contributed by atoms with Crippen LogP contribution in [0.4, 0.5) is 0 Å². The number of hydrogen-bond acceptors (Lipinski definition) is 3. The van der Waals surface area contributed by atoms with Crippen LogP contribution in [0.3, 0.4) is 0 Å². The van der Waals surface area contributed by atoms with Crippen LogP contribution in [0.25, 0.3) is 10.9 Å². The van der Waals surface area contributed by atoms with Gasteiger partial charge in [-0.2, -0.15) is 0 Å². The zero-order chi connectivity index (χ0) is 15.5. The molecule has 1 unspecified atom stereocenters. The quantitative estimate of drug-likeness (QED) is 0.831. The Balaban J connectivity index is 2.16. The Labute approximate surface area is 123 Å². The number of carbonyl (C=O) groups is 2. The summed E-state index contributed by atoms with van der Waals surface area (Å²) in [7, 11) is 1.35. The van der Waals surface area contributed by atoms with Gasteiger partial charge in [0.15, 0.2) is 0 Å². The van der Waals surface area contributed by atoms with Gasteiger partial charge in [-0.3, -0.25) is 9.59 Å². The van der Waals surface area contributed by atoms with Gasteiger partial charge >= 0.3 is 5.97 Å². The molecule has 112 valence electrons. The van der Waals surface area contributed by atoms with Gasteiger partial charge in [-0.05, 0) is 37.6 Å². The van der Waals surface area contributed by atoms with E-state index in [0.717, 1.165) is 10.9 Å². The van der Waals surface area contributed by atoms with Crippen molar-refractivity contribution < 1.29 is 14.3 Å². The number of aromatic nitrogens is 1. The molecule has 1 aromatic carbocycles. The molecule has 0 spiro atoms. The molecule has 0 saturated heterocycles. The highest BCUT2D eigenvalue weighted by atomic mass is 16.5. The Morgan fingerprint density at radius 1 is 1.33 bits per heavy atom. The Morgan fingerprint density at radius 2 is 2.10 bits per heavy atom. The summed E-state index contributed by atoms with van der Waals surface area (Å²) in [5.74, 6) is -0.521. The van der Waals surface area contributed by atoms with Crippen molar-refractivity contribution in [1.29, 1.82) is 0 Å². The number of fused-ring (bicyclic) bond motifs is 1. The van der Waals surface area contributed by atoms with E-state index in [-0.39, 0.29) is 18.3 Å². The molecule has 2 rings (SSSR count). The third-order valence-electron chi connectivity index (χ3n) is 3.77. The molecular formula is C16H20N2O3. The third kappa shape index (κ3) is 3.42. The van der Waals surface area contributed by atoms with Crippen LogP contribution in [0.1, 0.15) is 37.0 Å². The Morgan fingerprint density at radius 3 is 2.76 bits per heavy atom. The van der Waals surface area contributed by atoms with Crippen LogP contribution < -0.4 is 5.32 Å². The molecule has 0 aliphatic heterocycles. The standard InChI is InChI=1S/C16H20N2O3/c1-4-16(2,10-14(19)21-3)18-15(20)12-5-6-13-11(9-12)7-8-17-13/h5-9,17H,4,10H2,1-3H3,(H,18,20). The van der Waals surface area contributed by atoms with E-state index >= 15 is 0 Å². The van der Waals surface area contributed by atoms with Gasteiger partial charge in [0.1, 0.15) is 0 Å². The average molecular weight is 288 g/mol. The number of H-pyrrole nitrogens is 1. The van der Waals surface area contributed by atoms with E-state index in [4.69, 9.17) is 0 Å². The highest BCUT2D eigenvalue weighted by molar-refractivity contribution is 5.98. The van der Waals surface area contributed by atoms with Crippen molar-refractivity contribution in [3.05, 3.63) is 36.0 Å². The first-order valence-corrected chi connectivity index (χ1v) is 6.94. The molecule has 5 nitrogen and oxygen atoms in total. The minimum Gasteiger partial charge on any atom is -0.469 e. The van der Waals surface area contributed by atoms with Crippen molar-refractivity contribution >= 4 is 22.8 Å². The van der Waals surface area contributed by atoms with Crippen LogP contribution in [-0.2, 0) is 9.53 Å². The lowest BCUT2D eigenvalue weighted by Gasteiger charge is -2.28. The second kappa shape index (κ2) is 5.99. The average Bonchev–Trinajstić information content (AvgIpc) is 2.94. The van der Waals surface area contributed by atoms with Gasteiger partial charge < -0.3 is 15.0 Å². The molecule has 5 heteroatoms. The number of aromatic amines is 1. The maximum absolute atomic E-state index is 12.4. The van der Waals surface area contributed by atoms with E-state index in [1.165, 1.54) is 7.11 Å². The van der Waals surface area contributed by atoms with Crippen molar-refractivity contribution in [3.8, 4) is 0 Å². The van der Waals surface area contributed by atoms with E-state index < -0.39 is 5.54 Å². The summed E-state index contributed by atoms with van der Waals surface area (Å²) >= 11 is 0. The van der Waals surface area contributed by atoms with Crippen LogP contribution in [0.15, 0.2) is 30.5 Å². The smallest absolute Gasteiger partial charge is 0.307 e. The first-order valence-electron chi connectivity index (χ1n) is 6.94. The zero-order valence-electron chi connectivity index (χ0n) is 12.5. The Hall–Kier alpha value is -2.30. The first kappa shape index (κ1) is 15.1. The van der Waals surface area contributed by atoms with E-state index in [9.17, 15) is 9.59 Å². The van der Waals surface area contributed by atoms with Gasteiger partial charge in [-0.15, -0.1) is 0 Å². The second-order valence-corrected chi connectivity index (χ2v) is 5.40. The minimum atomic E-state index is -0.614. The number of methoxy groups -OCH3 is 1. The fraction of sp³-hybridized carbons (Fsp3) is 0.375. The fourth-order valence-corrected chi connectivity index (χ4v) is 2.19. The van der Waals surface area contributed by atoms with Crippen molar-refractivity contribution in [3.63, 3.8) is 0 Å². The van der Waals surface area contributed by atoms with E-state index in [1.54, 1.807) is 6.07 Å². The van der Waals surface area contributed by atoms with Gasteiger partial charge in [-0.25, -0.2) is 0 Å². The summed E-state index contributed by atoms with van der Waals surface area (Å²) < 4.78 is 4.69. The number of ether oxygens (including phenoxy) is 1. The summed E-state index contributed by atoms with van der Waals surface area (Å²) in [5.41, 5.74) is 0.947. The number of hydrogen-bond donors (Lipinski definition) is 2. The number of amides is 1. The molecule has 0 bridgehead atoms. The summed E-state index contributed by atoms with van der Waals surface area (Å²) in [5, 5.41) is 3.91. The normalized spacial score (nSPS) is 13.7. The molecule has 0 aliphatic rings. The third-order valence-corrected chi connectivity index (χ3v) is 3.77. The fourth-order valence-electron chi connectivity index (χ4n) is 2.19. The molecule has 21 heavy (non-hydrogen) atoms. The van der Waals surface area contributed by atoms with E-state index in [0.29, 0.717) is 12.0 Å². The van der Waals surface area contributed by atoms with Crippen LogP contribution in [-0.4, -0.2) is 29.5 Å². The van der Waals surface area contributed by atoms with E-state index in [2.05, 4.69) is 15.0 Å². The lowest BCUT2D eigenvalue weighted by Crippen LogP contribution is -2.47. The molecule has 2 aromatic rings. The van der Waals surface area contributed by atoms with Crippen molar-refractivity contribution in [2.75, 3.05) is 7.11 Å². The Kier molecular flexibility index (Phi) is 4.31. The predicted octanol–water partition coefficient (Wildman–Crippen LogP) is 2.63. The van der Waals surface area contributed by atoms with E-state index in [1.807, 2.05) is 38.2 Å². The topological polar surface area (TPSA) is 71.2 Å². The van der Waals surface area contributed by atoms with Gasteiger partial charge in [-0.1, -0.05) is 6.92 Å². The molecule has 0 saturated carbocycles. The minimum absolute atomic E-state index is 0.151. The first-order chi connectivity index (χ1) is 9.97. The number of rotatable bonds is 5. The van der Waals surface area contributed by atoms with Gasteiger partial charge in [0.05, 0.1) is 13.5 Å². The number of nitrogens with one attached hydrogen (secondary N) is 2. The maximum atomic E-state index is 12.4. The number of benzene rings is 1. The van der Waals surface area contributed by atoms with Gasteiger partial charge in [0.25, 0.3) is 5.91 Å². The van der Waals surface area contributed by atoms with Crippen LogP contribution in [0.5, 0.6) is 0 Å². The molecule has 1 aromatic heterocycles. The maximum Gasteiger partial charge on any atom is 0.307 e. The largest absolute Gasteiger partial charge is 0.469 e. The molecule has 1 heterocycles. The van der Waals surface area contributed by atoms with Crippen molar-refractivity contribution in [2.24, 2.45) is 0 Å². The summed E-state index contributed by atoms with van der Waals surface area (Å²) in [6.07, 6.45) is 2.62.